The predicted octanol–water partition coefficient (Wildman–Crippen LogP) is 4.23. The number of halogens is 3. The van der Waals surface area contributed by atoms with Crippen molar-refractivity contribution in [1.29, 1.82) is 0 Å². The second-order valence-corrected chi connectivity index (χ2v) is 5.36. The fourth-order valence-electron chi connectivity index (χ4n) is 1.41. The Bertz CT molecular complexity index is 604. The Morgan fingerprint density at radius 2 is 1.94 bits per heavy atom. The molecular formula is C12H10ClFIN3. The summed E-state index contributed by atoms with van der Waals surface area (Å²) in [6.45, 7) is 3.79. The van der Waals surface area contributed by atoms with E-state index in [1.54, 1.807) is 6.07 Å². The van der Waals surface area contributed by atoms with E-state index in [4.69, 9.17) is 11.6 Å². The van der Waals surface area contributed by atoms with E-state index < -0.39 is 0 Å². The van der Waals surface area contributed by atoms with Crippen LogP contribution in [-0.4, -0.2) is 10.2 Å². The fraction of sp³-hybridized carbons (Fsp3) is 0.167. The summed E-state index contributed by atoms with van der Waals surface area (Å²) in [4.78, 5) is 0. The zero-order valence-corrected chi connectivity index (χ0v) is 12.7. The first kappa shape index (κ1) is 13.5. The van der Waals surface area contributed by atoms with Crippen molar-refractivity contribution in [3.8, 4) is 0 Å². The van der Waals surface area contributed by atoms with Crippen LogP contribution in [0.25, 0.3) is 0 Å². The maximum absolute atomic E-state index is 13.0. The van der Waals surface area contributed by atoms with E-state index in [0.717, 1.165) is 20.4 Å². The smallest absolute Gasteiger partial charge is 0.156 e. The molecule has 0 aliphatic carbocycles. The first-order chi connectivity index (χ1) is 8.49. The maximum atomic E-state index is 13.0. The zero-order chi connectivity index (χ0) is 13.3. The summed E-state index contributed by atoms with van der Waals surface area (Å²) in [5.41, 5.74) is 2.59. The van der Waals surface area contributed by atoms with Crippen LogP contribution in [0.4, 0.5) is 15.9 Å². The van der Waals surface area contributed by atoms with Gasteiger partial charge in [0.05, 0.1) is 5.69 Å². The summed E-state index contributed by atoms with van der Waals surface area (Å²) < 4.78 is 13.8. The van der Waals surface area contributed by atoms with Crippen molar-refractivity contribution in [1.82, 2.24) is 10.2 Å². The fourth-order valence-corrected chi connectivity index (χ4v) is 2.21. The van der Waals surface area contributed by atoms with Gasteiger partial charge in [0.1, 0.15) is 5.82 Å². The Hall–Kier alpha value is -0.950. The number of hydrogen-bond donors (Lipinski definition) is 1. The number of nitrogens with one attached hydrogen (secondary N) is 1. The molecule has 0 saturated carbocycles. The highest BCUT2D eigenvalue weighted by Crippen LogP contribution is 2.26. The highest BCUT2D eigenvalue weighted by Gasteiger charge is 2.09. The summed E-state index contributed by atoms with van der Waals surface area (Å²) in [7, 11) is 0. The van der Waals surface area contributed by atoms with E-state index in [1.165, 1.54) is 12.1 Å². The van der Waals surface area contributed by atoms with Gasteiger partial charge in [-0.2, -0.15) is 0 Å². The second-order valence-electron chi connectivity index (χ2n) is 3.84. The van der Waals surface area contributed by atoms with Crippen LogP contribution in [-0.2, 0) is 0 Å². The number of nitrogens with zero attached hydrogens (tertiary/aromatic N) is 2. The molecule has 0 atom stereocenters. The highest BCUT2D eigenvalue weighted by molar-refractivity contribution is 14.1. The normalized spacial score (nSPS) is 10.5. The molecular weight excluding hydrogens is 368 g/mol. The van der Waals surface area contributed by atoms with Gasteiger partial charge >= 0.3 is 0 Å². The Balaban J connectivity index is 2.37. The lowest BCUT2D eigenvalue weighted by Crippen LogP contribution is -2.02. The van der Waals surface area contributed by atoms with Crippen molar-refractivity contribution in [2.45, 2.75) is 13.8 Å². The Labute approximate surface area is 123 Å². The van der Waals surface area contributed by atoms with Crippen molar-refractivity contribution in [3.05, 3.63) is 43.9 Å². The van der Waals surface area contributed by atoms with E-state index in [-0.39, 0.29) is 5.82 Å². The minimum atomic E-state index is -0.264. The average Bonchev–Trinajstić information content (AvgIpc) is 2.33. The van der Waals surface area contributed by atoms with Crippen LogP contribution in [0, 0.1) is 23.2 Å². The SMILES string of the molecule is Cc1c(Cl)nnc(Nc2ccc(F)cc2I)c1C. The lowest BCUT2D eigenvalue weighted by molar-refractivity contribution is 0.627. The van der Waals surface area contributed by atoms with Gasteiger partial charge in [-0.15, -0.1) is 10.2 Å². The standard InChI is InChI=1S/C12H10ClFIN3/c1-6-7(2)12(18-17-11(6)13)16-10-4-3-8(14)5-9(10)15/h3-5H,1-2H3,(H,16,18). The molecule has 2 aromatic rings. The number of anilines is 2. The van der Waals surface area contributed by atoms with Crippen LogP contribution in [0.1, 0.15) is 11.1 Å². The monoisotopic (exact) mass is 377 g/mol. The third kappa shape index (κ3) is 2.72. The van der Waals surface area contributed by atoms with Crippen molar-refractivity contribution >= 4 is 45.7 Å². The molecule has 94 valence electrons. The molecule has 0 bridgehead atoms. The molecule has 0 aliphatic heterocycles. The van der Waals surface area contributed by atoms with Gasteiger partial charge in [-0.1, -0.05) is 11.6 Å². The van der Waals surface area contributed by atoms with Gasteiger partial charge in [0, 0.05) is 3.57 Å². The molecule has 0 saturated heterocycles. The van der Waals surface area contributed by atoms with E-state index >= 15 is 0 Å². The molecule has 0 unspecified atom stereocenters. The quantitative estimate of drug-likeness (QED) is 0.796. The highest BCUT2D eigenvalue weighted by atomic mass is 127. The molecule has 1 N–H and O–H groups in total. The largest absolute Gasteiger partial charge is 0.338 e. The van der Waals surface area contributed by atoms with Crippen LogP contribution < -0.4 is 5.32 Å². The topological polar surface area (TPSA) is 37.8 Å². The van der Waals surface area contributed by atoms with Crippen molar-refractivity contribution < 1.29 is 4.39 Å². The summed E-state index contributed by atoms with van der Waals surface area (Å²) >= 11 is 7.95. The van der Waals surface area contributed by atoms with Gasteiger partial charge < -0.3 is 5.32 Å². The average molecular weight is 378 g/mol. The molecule has 1 aromatic carbocycles. The lowest BCUT2D eigenvalue weighted by atomic mass is 10.2. The predicted molar refractivity (Wildman–Crippen MR) is 78.9 cm³/mol. The summed E-state index contributed by atoms with van der Waals surface area (Å²) in [6.07, 6.45) is 0. The van der Waals surface area contributed by atoms with Gasteiger partial charge in [-0.05, 0) is 65.8 Å². The number of hydrogen-bond acceptors (Lipinski definition) is 3. The van der Waals surface area contributed by atoms with Crippen molar-refractivity contribution in [2.75, 3.05) is 5.32 Å². The first-order valence-electron chi connectivity index (χ1n) is 5.20. The summed E-state index contributed by atoms with van der Waals surface area (Å²) in [6, 6.07) is 4.52. The first-order valence-corrected chi connectivity index (χ1v) is 6.66. The van der Waals surface area contributed by atoms with Crippen LogP contribution >= 0.6 is 34.2 Å². The van der Waals surface area contributed by atoms with Crippen molar-refractivity contribution in [2.24, 2.45) is 0 Å². The number of aromatic nitrogens is 2. The zero-order valence-electron chi connectivity index (χ0n) is 9.76. The van der Waals surface area contributed by atoms with Crippen LogP contribution in [0.3, 0.4) is 0 Å². The molecule has 0 radical (unpaired) electrons. The van der Waals surface area contributed by atoms with Crippen LogP contribution in [0.15, 0.2) is 18.2 Å². The van der Waals surface area contributed by atoms with E-state index in [9.17, 15) is 4.39 Å². The second kappa shape index (κ2) is 5.36. The van der Waals surface area contributed by atoms with Crippen LogP contribution in [0.2, 0.25) is 5.15 Å². The number of benzene rings is 1. The molecule has 3 nitrogen and oxygen atoms in total. The summed E-state index contributed by atoms with van der Waals surface area (Å²) in [5, 5.41) is 11.4. The molecule has 1 heterocycles. The third-order valence-electron chi connectivity index (χ3n) is 2.65. The molecule has 0 amide bonds. The van der Waals surface area contributed by atoms with E-state index in [0.29, 0.717) is 11.0 Å². The molecule has 0 fully saturated rings. The maximum Gasteiger partial charge on any atom is 0.156 e. The minimum Gasteiger partial charge on any atom is -0.338 e. The van der Waals surface area contributed by atoms with Crippen LogP contribution in [0.5, 0.6) is 0 Å². The molecule has 2 rings (SSSR count). The van der Waals surface area contributed by atoms with Gasteiger partial charge in [0.15, 0.2) is 11.0 Å². The summed E-state index contributed by atoms with van der Waals surface area (Å²) in [5.74, 6) is 0.362. The Kier molecular flexibility index (Phi) is 4.01. The number of rotatable bonds is 2. The molecule has 0 spiro atoms. The molecule has 0 aliphatic rings. The Morgan fingerprint density at radius 1 is 1.22 bits per heavy atom. The molecule has 1 aromatic heterocycles. The Morgan fingerprint density at radius 3 is 2.61 bits per heavy atom. The van der Waals surface area contributed by atoms with Crippen molar-refractivity contribution in [3.63, 3.8) is 0 Å². The minimum absolute atomic E-state index is 0.264. The lowest BCUT2D eigenvalue weighted by Gasteiger charge is -2.11. The van der Waals surface area contributed by atoms with Gasteiger partial charge in [0.2, 0.25) is 0 Å². The van der Waals surface area contributed by atoms with Gasteiger partial charge in [-0.3, -0.25) is 0 Å². The van der Waals surface area contributed by atoms with E-state index in [1.807, 2.05) is 13.8 Å². The van der Waals surface area contributed by atoms with Gasteiger partial charge in [-0.25, -0.2) is 4.39 Å². The molecule has 6 heteroatoms. The van der Waals surface area contributed by atoms with Gasteiger partial charge in [0.25, 0.3) is 0 Å². The van der Waals surface area contributed by atoms with E-state index in [2.05, 4.69) is 38.1 Å². The molecule has 18 heavy (non-hydrogen) atoms. The third-order valence-corrected chi connectivity index (χ3v) is 3.90.